The van der Waals surface area contributed by atoms with E-state index in [9.17, 15) is 4.79 Å². The minimum absolute atomic E-state index is 0.0780. The van der Waals surface area contributed by atoms with Crippen LogP contribution >= 0.6 is 46.4 Å². The number of urea groups is 1. The van der Waals surface area contributed by atoms with Crippen LogP contribution in [-0.4, -0.2) is 12.8 Å². The number of carbonyl (C=O) groups excluding carboxylic acids is 1. The number of amides is 2. The van der Waals surface area contributed by atoms with E-state index in [-0.39, 0.29) is 11.8 Å². The summed E-state index contributed by atoms with van der Waals surface area (Å²) in [6, 6.07) is 9.22. The fourth-order valence-electron chi connectivity index (χ4n) is 1.54. The van der Waals surface area contributed by atoms with Crippen LogP contribution in [0.15, 0.2) is 36.4 Å². The highest BCUT2D eigenvalue weighted by atomic mass is 35.5. The lowest BCUT2D eigenvalue weighted by Crippen LogP contribution is -2.32. The van der Waals surface area contributed by atoms with E-state index >= 15 is 0 Å². The number of carbonyl (C=O) groups is 1. The van der Waals surface area contributed by atoms with Crippen molar-refractivity contribution in [1.29, 1.82) is 0 Å². The van der Waals surface area contributed by atoms with Crippen molar-refractivity contribution in [3.8, 4) is 5.75 Å². The first-order valence-corrected chi connectivity index (χ1v) is 7.55. The molecule has 0 fully saturated rings. The Balaban J connectivity index is 1.87. The van der Waals surface area contributed by atoms with Crippen molar-refractivity contribution in [2.75, 3.05) is 12.0 Å². The van der Waals surface area contributed by atoms with Crippen molar-refractivity contribution in [2.24, 2.45) is 0 Å². The molecule has 0 unspecified atom stereocenters. The van der Waals surface area contributed by atoms with Crippen LogP contribution in [-0.2, 0) is 0 Å². The Kier molecular flexibility index (Phi) is 6.03. The summed E-state index contributed by atoms with van der Waals surface area (Å²) in [5, 5.41) is 6.53. The van der Waals surface area contributed by atoms with Crippen LogP contribution in [0.5, 0.6) is 5.75 Å². The van der Waals surface area contributed by atoms with Crippen molar-refractivity contribution in [3.63, 3.8) is 0 Å². The van der Waals surface area contributed by atoms with E-state index in [4.69, 9.17) is 51.1 Å². The van der Waals surface area contributed by atoms with Gasteiger partial charge in [-0.1, -0.05) is 52.5 Å². The van der Waals surface area contributed by atoms with Crippen LogP contribution in [0, 0.1) is 0 Å². The van der Waals surface area contributed by atoms with Crippen molar-refractivity contribution in [2.45, 2.75) is 0 Å². The molecule has 0 saturated carbocycles. The molecule has 22 heavy (non-hydrogen) atoms. The molecule has 2 N–H and O–H groups in total. The molecule has 0 heterocycles. The maximum atomic E-state index is 11.7. The van der Waals surface area contributed by atoms with Gasteiger partial charge in [0, 0.05) is 5.02 Å². The SMILES string of the molecule is O=C(NCOc1ccc(Cl)cc1Cl)Nc1cccc(Cl)c1Cl. The van der Waals surface area contributed by atoms with Gasteiger partial charge in [-0.2, -0.15) is 0 Å². The zero-order valence-electron chi connectivity index (χ0n) is 11.0. The zero-order chi connectivity index (χ0) is 16.1. The summed E-state index contributed by atoms with van der Waals surface area (Å²) in [5.41, 5.74) is 0.399. The van der Waals surface area contributed by atoms with Gasteiger partial charge in [0.1, 0.15) is 5.75 Å². The van der Waals surface area contributed by atoms with Crippen molar-refractivity contribution >= 4 is 58.1 Å². The quantitative estimate of drug-likeness (QED) is 0.693. The first-order chi connectivity index (χ1) is 10.5. The minimum Gasteiger partial charge on any atom is -0.472 e. The molecule has 2 aromatic carbocycles. The van der Waals surface area contributed by atoms with Gasteiger partial charge in [0.25, 0.3) is 0 Å². The second kappa shape index (κ2) is 7.79. The average Bonchev–Trinajstić information content (AvgIpc) is 2.46. The molecule has 2 amide bonds. The number of halogens is 4. The normalized spacial score (nSPS) is 10.2. The van der Waals surface area contributed by atoms with Crippen LogP contribution in [0.25, 0.3) is 0 Å². The molecule has 0 aromatic heterocycles. The zero-order valence-corrected chi connectivity index (χ0v) is 14.0. The number of hydrogen-bond donors (Lipinski definition) is 2. The van der Waals surface area contributed by atoms with Crippen LogP contribution in [0.2, 0.25) is 20.1 Å². The Morgan fingerprint density at radius 3 is 2.55 bits per heavy atom. The fraction of sp³-hybridized carbons (Fsp3) is 0.0714. The standard InChI is InChI=1S/C14H10Cl4N2O2/c15-8-4-5-12(10(17)6-8)22-7-19-14(21)20-11-3-1-2-9(16)13(11)18/h1-6H,7H2,(H2,19,20,21). The van der Waals surface area contributed by atoms with Gasteiger partial charge in [0.15, 0.2) is 6.73 Å². The number of ether oxygens (including phenoxy) is 1. The molecule has 2 rings (SSSR count). The molecule has 0 atom stereocenters. The highest BCUT2D eigenvalue weighted by Gasteiger charge is 2.08. The Labute approximate surface area is 147 Å². The van der Waals surface area contributed by atoms with E-state index in [1.807, 2.05) is 0 Å². The Hall–Kier alpha value is -1.33. The molecule has 8 heteroatoms. The second-order valence-corrected chi connectivity index (χ2v) is 5.72. The molecular formula is C14H10Cl4N2O2. The third-order valence-corrected chi connectivity index (χ3v) is 3.90. The first-order valence-electron chi connectivity index (χ1n) is 6.04. The van der Waals surface area contributed by atoms with E-state index in [1.165, 1.54) is 0 Å². The molecule has 2 aromatic rings. The highest BCUT2D eigenvalue weighted by Crippen LogP contribution is 2.29. The van der Waals surface area contributed by atoms with Crippen molar-refractivity contribution in [3.05, 3.63) is 56.5 Å². The van der Waals surface area contributed by atoms with Crippen molar-refractivity contribution in [1.82, 2.24) is 5.32 Å². The topological polar surface area (TPSA) is 50.4 Å². The molecule has 0 bridgehead atoms. The molecule has 0 aliphatic heterocycles. The highest BCUT2D eigenvalue weighted by molar-refractivity contribution is 6.44. The van der Waals surface area contributed by atoms with Gasteiger partial charge in [0.2, 0.25) is 0 Å². The lowest BCUT2D eigenvalue weighted by molar-refractivity contribution is 0.234. The number of anilines is 1. The molecule has 0 radical (unpaired) electrons. The van der Waals surface area contributed by atoms with Gasteiger partial charge < -0.3 is 15.4 Å². The van der Waals surface area contributed by atoms with Gasteiger partial charge >= 0.3 is 6.03 Å². The Morgan fingerprint density at radius 1 is 1.05 bits per heavy atom. The minimum atomic E-state index is -0.491. The summed E-state index contributed by atoms with van der Waals surface area (Å²) in [6.45, 7) is -0.0780. The number of rotatable bonds is 4. The van der Waals surface area contributed by atoms with Gasteiger partial charge in [-0.3, -0.25) is 0 Å². The summed E-state index contributed by atoms with van der Waals surface area (Å²) in [6.07, 6.45) is 0. The third kappa shape index (κ3) is 4.58. The van der Waals surface area contributed by atoms with Crippen LogP contribution in [0.3, 0.4) is 0 Å². The molecule has 0 saturated heterocycles. The van der Waals surface area contributed by atoms with E-state index in [0.717, 1.165) is 0 Å². The molecule has 0 spiro atoms. The second-order valence-electron chi connectivity index (χ2n) is 4.10. The maximum absolute atomic E-state index is 11.7. The molecule has 4 nitrogen and oxygen atoms in total. The lowest BCUT2D eigenvalue weighted by Gasteiger charge is -2.11. The number of hydrogen-bond acceptors (Lipinski definition) is 2. The van der Waals surface area contributed by atoms with E-state index in [2.05, 4.69) is 10.6 Å². The van der Waals surface area contributed by atoms with Gasteiger partial charge in [-0.25, -0.2) is 4.79 Å². The van der Waals surface area contributed by atoms with Gasteiger partial charge in [0.05, 0.1) is 20.8 Å². The molecule has 0 aliphatic rings. The summed E-state index contributed by atoms with van der Waals surface area (Å²) < 4.78 is 5.33. The summed E-state index contributed by atoms with van der Waals surface area (Å²) in [5.74, 6) is 0.409. The first kappa shape index (κ1) is 17.0. The average molecular weight is 380 g/mol. The van der Waals surface area contributed by atoms with Crippen LogP contribution < -0.4 is 15.4 Å². The largest absolute Gasteiger partial charge is 0.472 e. The number of benzene rings is 2. The predicted molar refractivity (Wildman–Crippen MR) is 90.6 cm³/mol. The predicted octanol–water partition coefficient (Wildman–Crippen LogP) is 5.46. The lowest BCUT2D eigenvalue weighted by atomic mass is 10.3. The van der Waals surface area contributed by atoms with Crippen molar-refractivity contribution < 1.29 is 9.53 Å². The molecule has 116 valence electrons. The van der Waals surface area contributed by atoms with Crippen LogP contribution in [0.4, 0.5) is 10.5 Å². The van der Waals surface area contributed by atoms with E-state index in [0.29, 0.717) is 26.5 Å². The maximum Gasteiger partial charge on any atom is 0.321 e. The van der Waals surface area contributed by atoms with Crippen LogP contribution in [0.1, 0.15) is 0 Å². The summed E-state index contributed by atoms with van der Waals surface area (Å²) in [7, 11) is 0. The Bertz CT molecular complexity index is 695. The molecular weight excluding hydrogens is 370 g/mol. The smallest absolute Gasteiger partial charge is 0.321 e. The van der Waals surface area contributed by atoms with E-state index in [1.54, 1.807) is 36.4 Å². The summed E-state index contributed by atoms with van der Waals surface area (Å²) >= 11 is 23.5. The summed E-state index contributed by atoms with van der Waals surface area (Å²) in [4.78, 5) is 11.7. The Morgan fingerprint density at radius 2 is 1.82 bits per heavy atom. The van der Waals surface area contributed by atoms with Gasteiger partial charge in [-0.05, 0) is 30.3 Å². The number of nitrogens with one attached hydrogen (secondary N) is 2. The monoisotopic (exact) mass is 378 g/mol. The van der Waals surface area contributed by atoms with Gasteiger partial charge in [-0.15, -0.1) is 0 Å². The van der Waals surface area contributed by atoms with E-state index < -0.39 is 6.03 Å². The molecule has 0 aliphatic carbocycles. The fourth-order valence-corrected chi connectivity index (χ4v) is 2.35. The third-order valence-electron chi connectivity index (χ3n) is 2.55.